The second kappa shape index (κ2) is 8.99. The predicted molar refractivity (Wildman–Crippen MR) is 132 cm³/mol. The monoisotopic (exact) mass is 527 g/mol. The van der Waals surface area contributed by atoms with Crippen molar-refractivity contribution >= 4 is 39.1 Å². The summed E-state index contributed by atoms with van der Waals surface area (Å²) in [5.74, 6) is 1.30. The Hall–Kier alpha value is -2.58. The van der Waals surface area contributed by atoms with Crippen LogP contribution in [0.5, 0.6) is 11.5 Å². The first kappa shape index (κ1) is 22.2. The van der Waals surface area contributed by atoms with Crippen molar-refractivity contribution in [3.8, 4) is 11.5 Å². The number of hydrogen-bond donors (Lipinski definition) is 2. The number of amides is 1. The van der Waals surface area contributed by atoms with Gasteiger partial charge in [0.25, 0.3) is 0 Å². The number of carbonyl (C=O) groups is 1. The van der Waals surface area contributed by atoms with E-state index < -0.39 is 6.04 Å². The first-order valence-electron chi connectivity index (χ1n) is 10.6. The summed E-state index contributed by atoms with van der Waals surface area (Å²) in [5.41, 5.74) is 9.39. The molecule has 0 radical (unpaired) electrons. The number of halogens is 2. The molecule has 1 amide bonds. The van der Waals surface area contributed by atoms with Crippen molar-refractivity contribution in [3.05, 3.63) is 87.4 Å². The molecular formula is C25H23BrClN3O3. The van der Waals surface area contributed by atoms with Crippen LogP contribution in [0.15, 0.2) is 71.2 Å². The van der Waals surface area contributed by atoms with E-state index in [1.807, 2.05) is 47.4 Å². The largest absolute Gasteiger partial charge is 0.497 e. The molecule has 2 fully saturated rings. The molecule has 2 N–H and O–H groups in total. The number of rotatable bonds is 5. The molecule has 0 bridgehead atoms. The van der Waals surface area contributed by atoms with Crippen LogP contribution in [-0.4, -0.2) is 26.2 Å². The first-order chi connectivity index (χ1) is 16.0. The van der Waals surface area contributed by atoms with Gasteiger partial charge in [0.1, 0.15) is 17.5 Å². The summed E-state index contributed by atoms with van der Waals surface area (Å²) < 4.78 is 12.3. The summed E-state index contributed by atoms with van der Waals surface area (Å²) in [5, 5.41) is 0.619. The van der Waals surface area contributed by atoms with Crippen LogP contribution in [0, 0.1) is 5.92 Å². The van der Waals surface area contributed by atoms with Gasteiger partial charge in [-0.05, 0) is 60.2 Å². The van der Waals surface area contributed by atoms with Gasteiger partial charge >= 0.3 is 0 Å². The van der Waals surface area contributed by atoms with Crippen LogP contribution >= 0.6 is 27.5 Å². The van der Waals surface area contributed by atoms with Gasteiger partial charge < -0.3 is 14.4 Å². The summed E-state index contributed by atoms with van der Waals surface area (Å²) in [6.07, 6.45) is 0. The quantitative estimate of drug-likeness (QED) is 0.486. The molecule has 3 aromatic rings. The van der Waals surface area contributed by atoms with Gasteiger partial charge in [0.2, 0.25) is 5.91 Å². The topological polar surface area (TPSA) is 62.8 Å². The molecule has 2 heterocycles. The maximum Gasteiger partial charge on any atom is 0.246 e. The van der Waals surface area contributed by atoms with Crippen molar-refractivity contribution in [1.29, 1.82) is 0 Å². The Morgan fingerprint density at radius 1 is 0.909 bits per heavy atom. The van der Waals surface area contributed by atoms with Crippen LogP contribution in [-0.2, 0) is 4.79 Å². The fourth-order valence-electron chi connectivity index (χ4n) is 4.90. The Kier molecular flexibility index (Phi) is 6.05. The van der Waals surface area contributed by atoms with Gasteiger partial charge in [-0.2, -0.15) is 0 Å². The SMILES string of the molecule is COc1ccc(OC)c(C2C3C(NNC3c3ccc(Br)cc3)C(=O)N2c2ccc(Cl)cc2)c1. The molecule has 6 nitrogen and oxygen atoms in total. The fourth-order valence-corrected chi connectivity index (χ4v) is 5.29. The second-order valence-corrected chi connectivity index (χ2v) is 9.46. The molecule has 2 aliphatic heterocycles. The minimum Gasteiger partial charge on any atom is -0.497 e. The number of hydrazine groups is 1. The molecule has 0 spiro atoms. The molecule has 8 heteroatoms. The van der Waals surface area contributed by atoms with E-state index in [2.05, 4.69) is 38.9 Å². The highest BCUT2D eigenvalue weighted by Crippen LogP contribution is 2.51. The molecule has 0 aromatic heterocycles. The first-order valence-corrected chi connectivity index (χ1v) is 11.8. The van der Waals surface area contributed by atoms with Crippen molar-refractivity contribution in [1.82, 2.24) is 10.9 Å². The molecule has 170 valence electrons. The van der Waals surface area contributed by atoms with E-state index in [1.54, 1.807) is 26.4 Å². The maximum atomic E-state index is 13.8. The van der Waals surface area contributed by atoms with Crippen molar-refractivity contribution in [3.63, 3.8) is 0 Å². The Labute approximate surface area is 205 Å². The highest BCUT2D eigenvalue weighted by Gasteiger charge is 2.56. The van der Waals surface area contributed by atoms with Crippen molar-refractivity contribution in [2.75, 3.05) is 19.1 Å². The molecule has 33 heavy (non-hydrogen) atoms. The highest BCUT2D eigenvalue weighted by molar-refractivity contribution is 9.10. The smallest absolute Gasteiger partial charge is 0.246 e. The van der Waals surface area contributed by atoms with Crippen LogP contribution in [0.25, 0.3) is 0 Å². The van der Waals surface area contributed by atoms with E-state index in [0.29, 0.717) is 16.5 Å². The predicted octanol–water partition coefficient (Wildman–Crippen LogP) is 5.04. The number of fused-ring (bicyclic) bond motifs is 1. The molecule has 2 aliphatic rings. The lowest BCUT2D eigenvalue weighted by Crippen LogP contribution is -2.41. The number of nitrogens with zero attached hydrogens (tertiary/aromatic N) is 1. The van der Waals surface area contributed by atoms with E-state index in [1.165, 1.54) is 0 Å². The van der Waals surface area contributed by atoms with Gasteiger partial charge in [-0.3, -0.25) is 4.79 Å². The summed E-state index contributed by atoms with van der Waals surface area (Å²) in [7, 11) is 3.28. The molecule has 2 saturated heterocycles. The lowest BCUT2D eigenvalue weighted by molar-refractivity contribution is -0.119. The fraction of sp³-hybridized carbons (Fsp3) is 0.240. The second-order valence-electron chi connectivity index (χ2n) is 8.11. The van der Waals surface area contributed by atoms with Gasteiger partial charge in [0.15, 0.2) is 0 Å². The lowest BCUT2D eigenvalue weighted by atomic mass is 9.83. The summed E-state index contributed by atoms with van der Waals surface area (Å²) >= 11 is 9.65. The number of methoxy groups -OCH3 is 2. The number of anilines is 1. The zero-order chi connectivity index (χ0) is 23.1. The maximum absolute atomic E-state index is 13.8. The van der Waals surface area contributed by atoms with Gasteiger partial charge in [0.05, 0.1) is 26.3 Å². The molecule has 4 atom stereocenters. The van der Waals surface area contributed by atoms with Gasteiger partial charge in [0, 0.05) is 26.7 Å². The molecule has 3 aromatic carbocycles. The van der Waals surface area contributed by atoms with Crippen LogP contribution in [0.4, 0.5) is 5.69 Å². The van der Waals surface area contributed by atoms with Crippen LogP contribution < -0.4 is 25.2 Å². The molecular weight excluding hydrogens is 506 g/mol. The van der Waals surface area contributed by atoms with Crippen molar-refractivity contribution in [2.45, 2.75) is 18.1 Å². The third kappa shape index (κ3) is 3.89. The van der Waals surface area contributed by atoms with E-state index in [9.17, 15) is 4.79 Å². The summed E-state index contributed by atoms with van der Waals surface area (Å²) in [4.78, 5) is 15.6. The standard InChI is InChI=1S/C25H23BrClN3O3/c1-32-18-11-12-20(33-2)19(13-18)24-21-22(14-3-5-15(26)6-4-14)28-29-23(21)25(31)30(24)17-9-7-16(27)8-10-17/h3-13,21-24,28-29H,1-2H3. The zero-order valence-corrected chi connectivity index (χ0v) is 20.4. The van der Waals surface area contributed by atoms with Gasteiger partial charge in [-0.1, -0.05) is 39.7 Å². The Bertz CT molecular complexity index is 1170. The van der Waals surface area contributed by atoms with E-state index in [4.69, 9.17) is 21.1 Å². The third-order valence-corrected chi connectivity index (χ3v) is 7.18. The average Bonchev–Trinajstić information content (AvgIpc) is 3.39. The van der Waals surface area contributed by atoms with Crippen molar-refractivity contribution in [2.24, 2.45) is 5.92 Å². The third-order valence-electron chi connectivity index (χ3n) is 6.40. The zero-order valence-electron chi connectivity index (χ0n) is 18.1. The van der Waals surface area contributed by atoms with E-state index in [0.717, 1.165) is 21.3 Å². The molecule has 4 unspecified atom stereocenters. The Morgan fingerprint density at radius 3 is 2.27 bits per heavy atom. The molecule has 5 rings (SSSR count). The minimum atomic E-state index is -0.407. The number of hydrogen-bond acceptors (Lipinski definition) is 5. The van der Waals surface area contributed by atoms with Crippen molar-refractivity contribution < 1.29 is 14.3 Å². The van der Waals surface area contributed by atoms with E-state index in [-0.39, 0.29) is 23.9 Å². The number of ether oxygens (including phenoxy) is 2. The van der Waals surface area contributed by atoms with E-state index >= 15 is 0 Å². The highest BCUT2D eigenvalue weighted by atomic mass is 79.9. The summed E-state index contributed by atoms with van der Waals surface area (Å²) in [6, 6.07) is 20.4. The lowest BCUT2D eigenvalue weighted by Gasteiger charge is -2.32. The van der Waals surface area contributed by atoms with Crippen LogP contribution in [0.1, 0.15) is 23.2 Å². The number of benzene rings is 3. The molecule has 0 saturated carbocycles. The number of carbonyl (C=O) groups excluding carboxylic acids is 1. The summed E-state index contributed by atoms with van der Waals surface area (Å²) in [6.45, 7) is 0. The van der Waals surface area contributed by atoms with Gasteiger partial charge in [-0.15, -0.1) is 0 Å². The van der Waals surface area contributed by atoms with Gasteiger partial charge in [-0.25, -0.2) is 10.9 Å². The minimum absolute atomic E-state index is 0.00990. The Balaban J connectivity index is 1.68. The Morgan fingerprint density at radius 2 is 1.61 bits per heavy atom. The normalized spacial score (nSPS) is 24.1. The van der Waals surface area contributed by atoms with Crippen LogP contribution in [0.3, 0.4) is 0 Å². The molecule has 0 aliphatic carbocycles. The van der Waals surface area contributed by atoms with Crippen LogP contribution in [0.2, 0.25) is 5.02 Å². The average molecular weight is 529 g/mol. The number of nitrogens with one attached hydrogen (secondary N) is 2.